The maximum Gasteiger partial charge on any atom is 0.303 e. The molecule has 112 valence electrons. The molecule has 0 bridgehead atoms. The molecule has 0 fully saturated rings. The van der Waals surface area contributed by atoms with E-state index < -0.39 is 10.9 Å². The van der Waals surface area contributed by atoms with Crippen molar-refractivity contribution in [3.05, 3.63) is 33.9 Å². The molecule has 0 aliphatic heterocycles. The van der Waals surface area contributed by atoms with Gasteiger partial charge in [0, 0.05) is 31.1 Å². The number of nitro benzene ring substituents is 1. The summed E-state index contributed by atoms with van der Waals surface area (Å²) in [6.45, 7) is 4.31. The second-order valence-electron chi connectivity index (χ2n) is 4.85. The molecule has 1 N–H and O–H groups in total. The number of nitriles is 1. The number of aliphatic carboxylic acids is 1. The summed E-state index contributed by atoms with van der Waals surface area (Å²) in [6, 6.07) is 6.14. The molecule has 0 saturated carbocycles. The van der Waals surface area contributed by atoms with Crippen molar-refractivity contribution in [1.29, 1.82) is 5.26 Å². The smallest absolute Gasteiger partial charge is 0.303 e. The molecule has 21 heavy (non-hydrogen) atoms. The Balaban J connectivity index is 3.05. The van der Waals surface area contributed by atoms with E-state index in [4.69, 9.17) is 5.11 Å². The Labute approximate surface area is 122 Å². The van der Waals surface area contributed by atoms with Gasteiger partial charge in [-0.05, 0) is 26.3 Å². The zero-order valence-electron chi connectivity index (χ0n) is 11.9. The van der Waals surface area contributed by atoms with Crippen molar-refractivity contribution in [3.63, 3.8) is 0 Å². The predicted molar refractivity (Wildman–Crippen MR) is 77.2 cm³/mol. The van der Waals surface area contributed by atoms with Crippen LogP contribution >= 0.6 is 0 Å². The zero-order valence-corrected chi connectivity index (χ0v) is 11.9. The van der Waals surface area contributed by atoms with Crippen molar-refractivity contribution in [3.8, 4) is 6.07 Å². The topological polar surface area (TPSA) is 107 Å². The standard InChI is InChI=1S/C14H17N3O4/c1-10(2)16(7-3-4-14(18)19)13-6-5-12(17(20)21)8-11(13)9-15/h5-6,8,10H,3-4,7H2,1-2H3,(H,18,19). The molecule has 1 rings (SSSR count). The van der Waals surface area contributed by atoms with Crippen LogP contribution in [-0.2, 0) is 4.79 Å². The number of anilines is 1. The summed E-state index contributed by atoms with van der Waals surface area (Å²) in [4.78, 5) is 22.7. The lowest BCUT2D eigenvalue weighted by Gasteiger charge is -2.29. The molecule has 0 saturated heterocycles. The fourth-order valence-electron chi connectivity index (χ4n) is 2.04. The van der Waals surface area contributed by atoms with Crippen LogP contribution in [0.5, 0.6) is 0 Å². The van der Waals surface area contributed by atoms with Gasteiger partial charge < -0.3 is 10.0 Å². The largest absolute Gasteiger partial charge is 0.481 e. The Hall–Kier alpha value is -2.62. The SMILES string of the molecule is CC(C)N(CCCC(=O)O)c1ccc([N+](=O)[O-])cc1C#N. The highest BCUT2D eigenvalue weighted by Gasteiger charge is 2.18. The van der Waals surface area contributed by atoms with Gasteiger partial charge in [-0.15, -0.1) is 0 Å². The van der Waals surface area contributed by atoms with E-state index in [0.717, 1.165) is 0 Å². The number of nitrogens with zero attached hydrogens (tertiary/aromatic N) is 3. The Morgan fingerprint density at radius 3 is 2.67 bits per heavy atom. The summed E-state index contributed by atoms with van der Waals surface area (Å²) < 4.78 is 0. The van der Waals surface area contributed by atoms with Gasteiger partial charge in [-0.1, -0.05) is 0 Å². The number of benzene rings is 1. The van der Waals surface area contributed by atoms with Crippen molar-refractivity contribution in [2.75, 3.05) is 11.4 Å². The van der Waals surface area contributed by atoms with E-state index in [1.54, 1.807) is 0 Å². The highest BCUT2D eigenvalue weighted by Crippen LogP contribution is 2.26. The van der Waals surface area contributed by atoms with Crippen LogP contribution in [0.2, 0.25) is 0 Å². The van der Waals surface area contributed by atoms with Crippen LogP contribution in [0.25, 0.3) is 0 Å². The number of carbonyl (C=O) groups is 1. The number of hydrogen-bond acceptors (Lipinski definition) is 5. The van der Waals surface area contributed by atoms with E-state index in [9.17, 15) is 20.2 Å². The molecule has 0 amide bonds. The van der Waals surface area contributed by atoms with E-state index >= 15 is 0 Å². The molecular formula is C14H17N3O4. The second-order valence-corrected chi connectivity index (χ2v) is 4.85. The number of hydrogen-bond donors (Lipinski definition) is 1. The number of rotatable bonds is 7. The van der Waals surface area contributed by atoms with Gasteiger partial charge in [0.05, 0.1) is 16.2 Å². The fraction of sp³-hybridized carbons (Fsp3) is 0.429. The van der Waals surface area contributed by atoms with Gasteiger partial charge in [0.15, 0.2) is 0 Å². The minimum Gasteiger partial charge on any atom is -0.481 e. The first kappa shape index (κ1) is 16.4. The van der Waals surface area contributed by atoms with Gasteiger partial charge in [-0.25, -0.2) is 0 Å². The summed E-state index contributed by atoms with van der Waals surface area (Å²) >= 11 is 0. The van der Waals surface area contributed by atoms with E-state index in [1.807, 2.05) is 24.8 Å². The predicted octanol–water partition coefficient (Wildman–Crippen LogP) is 2.55. The van der Waals surface area contributed by atoms with Crippen molar-refractivity contribution >= 4 is 17.3 Å². The van der Waals surface area contributed by atoms with E-state index in [0.29, 0.717) is 18.7 Å². The molecule has 0 aromatic heterocycles. The maximum atomic E-state index is 10.7. The lowest BCUT2D eigenvalue weighted by molar-refractivity contribution is -0.384. The summed E-state index contributed by atoms with van der Waals surface area (Å²) in [5, 5.41) is 28.6. The Morgan fingerprint density at radius 1 is 1.52 bits per heavy atom. The molecule has 0 unspecified atom stereocenters. The third kappa shape index (κ3) is 4.45. The Morgan fingerprint density at radius 2 is 2.19 bits per heavy atom. The average Bonchev–Trinajstić information content (AvgIpc) is 2.42. The molecule has 1 aromatic carbocycles. The molecule has 0 heterocycles. The van der Waals surface area contributed by atoms with E-state index in [2.05, 4.69) is 0 Å². The number of non-ortho nitro benzene ring substituents is 1. The third-order valence-electron chi connectivity index (χ3n) is 3.03. The molecule has 0 radical (unpaired) electrons. The normalized spacial score (nSPS) is 10.2. The lowest BCUT2D eigenvalue weighted by Crippen LogP contribution is -2.32. The van der Waals surface area contributed by atoms with Crippen LogP contribution in [0.15, 0.2) is 18.2 Å². The lowest BCUT2D eigenvalue weighted by atomic mass is 10.1. The summed E-state index contributed by atoms with van der Waals surface area (Å²) in [7, 11) is 0. The Bertz CT molecular complexity index is 578. The zero-order chi connectivity index (χ0) is 16.0. The van der Waals surface area contributed by atoms with Crippen molar-refractivity contribution in [1.82, 2.24) is 0 Å². The number of nitro groups is 1. The third-order valence-corrected chi connectivity index (χ3v) is 3.03. The highest BCUT2D eigenvalue weighted by atomic mass is 16.6. The minimum atomic E-state index is -0.872. The van der Waals surface area contributed by atoms with Crippen molar-refractivity contribution < 1.29 is 14.8 Å². The molecule has 0 aliphatic rings. The quantitative estimate of drug-likeness (QED) is 0.611. The highest BCUT2D eigenvalue weighted by molar-refractivity contribution is 5.67. The van der Waals surface area contributed by atoms with Crippen LogP contribution in [0.3, 0.4) is 0 Å². The van der Waals surface area contributed by atoms with Crippen LogP contribution in [0.1, 0.15) is 32.3 Å². The summed E-state index contributed by atoms with van der Waals surface area (Å²) in [5.41, 5.74) is 0.668. The first-order valence-electron chi connectivity index (χ1n) is 6.53. The van der Waals surface area contributed by atoms with Gasteiger partial charge >= 0.3 is 5.97 Å². The minimum absolute atomic E-state index is 0.0398. The number of carboxylic acids is 1. The van der Waals surface area contributed by atoms with Crippen LogP contribution in [-0.4, -0.2) is 28.6 Å². The van der Waals surface area contributed by atoms with Crippen LogP contribution in [0.4, 0.5) is 11.4 Å². The average molecular weight is 291 g/mol. The first-order chi connectivity index (χ1) is 9.86. The van der Waals surface area contributed by atoms with Crippen LogP contribution in [0, 0.1) is 21.4 Å². The molecule has 7 nitrogen and oxygen atoms in total. The van der Waals surface area contributed by atoms with E-state index in [-0.39, 0.29) is 23.7 Å². The molecule has 0 spiro atoms. The molecule has 1 aromatic rings. The van der Waals surface area contributed by atoms with Gasteiger partial charge in [0.2, 0.25) is 0 Å². The fourth-order valence-corrected chi connectivity index (χ4v) is 2.04. The van der Waals surface area contributed by atoms with Gasteiger partial charge in [-0.2, -0.15) is 5.26 Å². The molecule has 7 heteroatoms. The molecule has 0 aliphatic carbocycles. The van der Waals surface area contributed by atoms with E-state index in [1.165, 1.54) is 18.2 Å². The van der Waals surface area contributed by atoms with Crippen LogP contribution < -0.4 is 4.90 Å². The number of carboxylic acid groups (broad SMARTS) is 1. The first-order valence-corrected chi connectivity index (χ1v) is 6.53. The summed E-state index contributed by atoms with van der Waals surface area (Å²) in [5.74, 6) is -0.872. The molecular weight excluding hydrogens is 274 g/mol. The molecule has 0 atom stereocenters. The van der Waals surface area contributed by atoms with Gasteiger partial charge in [-0.3, -0.25) is 14.9 Å². The van der Waals surface area contributed by atoms with Crippen molar-refractivity contribution in [2.45, 2.75) is 32.7 Å². The monoisotopic (exact) mass is 291 g/mol. The van der Waals surface area contributed by atoms with Crippen molar-refractivity contribution in [2.24, 2.45) is 0 Å². The van der Waals surface area contributed by atoms with Gasteiger partial charge in [0.1, 0.15) is 6.07 Å². The maximum absolute atomic E-state index is 10.7. The summed E-state index contributed by atoms with van der Waals surface area (Å²) in [6.07, 6.45) is 0.480. The van der Waals surface area contributed by atoms with Gasteiger partial charge in [0.25, 0.3) is 5.69 Å². The second kappa shape index (κ2) is 7.24. The Kier molecular flexibility index (Phi) is 5.67.